The predicted octanol–water partition coefficient (Wildman–Crippen LogP) is 2.19. The van der Waals surface area contributed by atoms with E-state index in [0.717, 1.165) is 4.90 Å². The molecule has 38 heavy (non-hydrogen) atoms. The van der Waals surface area contributed by atoms with E-state index >= 15 is 0 Å². The molecule has 2 saturated heterocycles. The van der Waals surface area contributed by atoms with Crippen molar-refractivity contribution in [3.63, 3.8) is 0 Å². The minimum absolute atomic E-state index is 0.0761. The van der Waals surface area contributed by atoms with Gasteiger partial charge in [0.1, 0.15) is 17.7 Å². The van der Waals surface area contributed by atoms with Crippen molar-refractivity contribution < 1.29 is 27.4 Å². The Morgan fingerprint density at radius 1 is 1.21 bits per heavy atom. The van der Waals surface area contributed by atoms with E-state index in [1.807, 2.05) is 4.90 Å². The molecular weight excluding hydrogens is 507 g/mol. The van der Waals surface area contributed by atoms with Gasteiger partial charge in [0.25, 0.3) is 6.02 Å². The number of likely N-dealkylation sites (tertiary alicyclic amines) is 1. The smallest absolute Gasteiger partial charge is 0.408 e. The first-order valence-electron chi connectivity index (χ1n) is 12.2. The summed E-state index contributed by atoms with van der Waals surface area (Å²) in [6.07, 6.45) is -1.43. The Morgan fingerprint density at radius 3 is 2.47 bits per heavy atom. The van der Waals surface area contributed by atoms with Gasteiger partial charge in [0.05, 0.1) is 42.3 Å². The van der Waals surface area contributed by atoms with E-state index in [1.165, 1.54) is 4.90 Å². The topological polar surface area (TPSA) is 133 Å². The van der Waals surface area contributed by atoms with Crippen LogP contribution in [-0.4, -0.2) is 88.9 Å². The average Bonchev–Trinajstić information content (AvgIpc) is 3.06. The van der Waals surface area contributed by atoms with Crippen LogP contribution in [0, 0.1) is 5.41 Å². The highest BCUT2D eigenvalue weighted by molar-refractivity contribution is 6.12. The van der Waals surface area contributed by atoms with Gasteiger partial charge in [-0.3, -0.25) is 15.1 Å². The quantitative estimate of drug-likeness (QED) is 0.434. The zero-order chi connectivity index (χ0) is 27.2. The summed E-state index contributed by atoms with van der Waals surface area (Å²) in [7, 11) is 1.65. The number of halogens is 3. The highest BCUT2D eigenvalue weighted by Gasteiger charge is 2.51. The summed E-state index contributed by atoms with van der Waals surface area (Å²) in [6, 6.07) is -2.34. The summed E-state index contributed by atoms with van der Waals surface area (Å²) >= 11 is 0. The Morgan fingerprint density at radius 2 is 1.89 bits per heavy atom. The summed E-state index contributed by atoms with van der Waals surface area (Å²) in [5.41, 5.74) is -0.0195. The van der Waals surface area contributed by atoms with Crippen molar-refractivity contribution in [2.75, 3.05) is 55.0 Å². The lowest BCUT2D eigenvalue weighted by atomic mass is 9.87. The van der Waals surface area contributed by atoms with Gasteiger partial charge in [0.2, 0.25) is 11.9 Å². The highest BCUT2D eigenvalue weighted by atomic mass is 19.4. The molecule has 12 nitrogen and oxygen atoms in total. The second kappa shape index (κ2) is 9.53. The molecule has 0 spiro atoms. The summed E-state index contributed by atoms with van der Waals surface area (Å²) in [5, 5.41) is 11.0. The van der Waals surface area contributed by atoms with E-state index in [2.05, 4.69) is 25.3 Å². The van der Waals surface area contributed by atoms with Crippen molar-refractivity contribution in [2.24, 2.45) is 0 Å². The number of nitrogens with one attached hydrogen (secondary N) is 2. The fourth-order valence-electron chi connectivity index (χ4n) is 4.74. The van der Waals surface area contributed by atoms with Crippen LogP contribution in [0.2, 0.25) is 0 Å². The zero-order valence-corrected chi connectivity index (χ0v) is 21.2. The molecule has 0 bridgehead atoms. The van der Waals surface area contributed by atoms with E-state index in [-0.39, 0.29) is 31.3 Å². The number of morpholine rings is 1. The summed E-state index contributed by atoms with van der Waals surface area (Å²) in [5.74, 6) is 1.04. The maximum absolute atomic E-state index is 13.6. The van der Waals surface area contributed by atoms with E-state index in [0.29, 0.717) is 55.1 Å². The molecule has 0 unspecified atom stereocenters. The number of aromatic nitrogens is 4. The number of alkyl halides is 3. The number of carbonyl (C=O) groups is 1. The normalized spacial score (nSPS) is 20.7. The van der Waals surface area contributed by atoms with Crippen LogP contribution in [0.3, 0.4) is 0 Å². The molecule has 0 saturated carbocycles. The van der Waals surface area contributed by atoms with Crippen LogP contribution in [-0.2, 0) is 26.3 Å². The molecule has 0 radical (unpaired) electrons. The Balaban J connectivity index is 1.41. The molecule has 204 valence electrons. The summed E-state index contributed by atoms with van der Waals surface area (Å²) < 4.78 is 50.0. The highest BCUT2D eigenvalue weighted by Crippen LogP contribution is 2.47. The summed E-state index contributed by atoms with van der Waals surface area (Å²) in [6.45, 7) is 5.73. The standard InChI is InChI=1S/C23H28F3N9O3/c1-22(2)16-17(28-3)31-15(12-38-20(27)34-5-4-14(34)23(24,25)26)32-18(16)35(19(22)36)13-10-29-21(30-11-13)33-6-8-37-9-7-33/h10-11,14,27H,4-9,12H2,1-3H3,(H,28,31,32)/t14-/m1/s1. The van der Waals surface area contributed by atoms with E-state index in [4.69, 9.17) is 14.9 Å². The number of anilines is 4. The van der Waals surface area contributed by atoms with Crippen molar-refractivity contribution in [1.29, 1.82) is 5.41 Å². The van der Waals surface area contributed by atoms with E-state index in [9.17, 15) is 18.0 Å². The van der Waals surface area contributed by atoms with Gasteiger partial charge in [-0.1, -0.05) is 0 Å². The second-order valence-corrected chi connectivity index (χ2v) is 9.68. The molecule has 2 fully saturated rings. The van der Waals surface area contributed by atoms with Crippen LogP contribution in [0.4, 0.5) is 36.4 Å². The molecule has 5 rings (SSSR count). The zero-order valence-electron chi connectivity index (χ0n) is 21.2. The van der Waals surface area contributed by atoms with Gasteiger partial charge in [-0.25, -0.2) is 19.9 Å². The maximum atomic E-state index is 13.6. The number of ether oxygens (including phenoxy) is 2. The lowest BCUT2D eigenvalue weighted by Gasteiger charge is -2.42. The molecule has 2 aromatic rings. The van der Waals surface area contributed by atoms with Crippen LogP contribution < -0.4 is 15.1 Å². The number of carbonyl (C=O) groups excluding carboxylic acids is 1. The second-order valence-electron chi connectivity index (χ2n) is 9.68. The lowest BCUT2D eigenvalue weighted by molar-refractivity contribution is -0.199. The van der Waals surface area contributed by atoms with Crippen LogP contribution >= 0.6 is 0 Å². The van der Waals surface area contributed by atoms with Crippen molar-refractivity contribution in [2.45, 2.75) is 44.5 Å². The Bertz CT molecular complexity index is 1230. The number of nitrogens with zero attached hydrogens (tertiary/aromatic N) is 7. The largest absolute Gasteiger partial charge is 0.457 e. The molecule has 2 aromatic heterocycles. The molecule has 0 aromatic carbocycles. The van der Waals surface area contributed by atoms with Crippen LogP contribution in [0.5, 0.6) is 0 Å². The molecule has 1 atom stereocenters. The molecular formula is C23H28F3N9O3. The molecule has 15 heteroatoms. The number of hydrogen-bond donors (Lipinski definition) is 2. The first-order valence-corrected chi connectivity index (χ1v) is 12.2. The van der Waals surface area contributed by atoms with Gasteiger partial charge < -0.3 is 24.6 Å². The number of amidine groups is 1. The third-order valence-corrected chi connectivity index (χ3v) is 6.92. The van der Waals surface area contributed by atoms with Gasteiger partial charge in [-0.2, -0.15) is 13.2 Å². The first-order chi connectivity index (χ1) is 18.0. The fourth-order valence-corrected chi connectivity index (χ4v) is 4.74. The maximum Gasteiger partial charge on any atom is 0.408 e. The fraction of sp³-hybridized carbons (Fsp3) is 0.565. The minimum atomic E-state index is -4.44. The van der Waals surface area contributed by atoms with E-state index < -0.39 is 23.7 Å². The van der Waals surface area contributed by atoms with Gasteiger partial charge in [0, 0.05) is 26.7 Å². The lowest BCUT2D eigenvalue weighted by Crippen LogP contribution is -2.58. The Hall–Kier alpha value is -3.75. The monoisotopic (exact) mass is 535 g/mol. The van der Waals surface area contributed by atoms with Gasteiger partial charge in [0.15, 0.2) is 12.4 Å². The third kappa shape index (κ3) is 4.44. The minimum Gasteiger partial charge on any atom is -0.457 e. The Labute approximate surface area is 216 Å². The van der Waals surface area contributed by atoms with Crippen molar-refractivity contribution in [3.8, 4) is 0 Å². The van der Waals surface area contributed by atoms with Crippen LogP contribution in [0.1, 0.15) is 31.7 Å². The van der Waals surface area contributed by atoms with Crippen molar-refractivity contribution in [3.05, 3.63) is 23.8 Å². The van der Waals surface area contributed by atoms with Crippen molar-refractivity contribution in [1.82, 2.24) is 24.8 Å². The molecule has 2 N–H and O–H groups in total. The van der Waals surface area contributed by atoms with E-state index in [1.54, 1.807) is 33.3 Å². The van der Waals surface area contributed by atoms with Crippen molar-refractivity contribution >= 4 is 35.2 Å². The molecule has 5 heterocycles. The van der Waals surface area contributed by atoms with Crippen LogP contribution in [0.15, 0.2) is 12.4 Å². The predicted molar refractivity (Wildman–Crippen MR) is 130 cm³/mol. The number of fused-ring (bicyclic) bond motifs is 1. The van der Waals surface area contributed by atoms with Gasteiger partial charge in [-0.05, 0) is 20.3 Å². The Kier molecular flexibility index (Phi) is 6.49. The van der Waals surface area contributed by atoms with Gasteiger partial charge >= 0.3 is 6.18 Å². The molecule has 0 aliphatic carbocycles. The number of hydrogen-bond acceptors (Lipinski definition) is 10. The third-order valence-electron chi connectivity index (χ3n) is 6.92. The van der Waals surface area contributed by atoms with Gasteiger partial charge in [-0.15, -0.1) is 0 Å². The molecule has 1 amide bonds. The summed E-state index contributed by atoms with van der Waals surface area (Å²) in [4.78, 5) is 35.6. The molecule has 3 aliphatic heterocycles. The number of amides is 1. The number of rotatable bonds is 5. The SMILES string of the molecule is CNc1nc(COC(=N)N2CC[C@@H]2C(F)(F)F)nc2c1C(C)(C)C(=O)N2c1cnc(N2CCOCC2)nc1. The average molecular weight is 536 g/mol. The molecule has 3 aliphatic rings. The first kappa shape index (κ1) is 25.9. The van der Waals surface area contributed by atoms with Crippen LogP contribution in [0.25, 0.3) is 0 Å².